The Morgan fingerprint density at radius 3 is 2.90 bits per heavy atom. The van der Waals surface area contributed by atoms with Crippen molar-refractivity contribution in [2.75, 3.05) is 20.2 Å². The van der Waals surface area contributed by atoms with Crippen molar-refractivity contribution in [1.82, 2.24) is 4.90 Å². The van der Waals surface area contributed by atoms with Crippen LogP contribution in [0, 0.1) is 17.7 Å². The third kappa shape index (κ3) is 4.98. The third-order valence-electron chi connectivity index (χ3n) is 3.11. The van der Waals surface area contributed by atoms with Gasteiger partial charge in [-0.25, -0.2) is 4.39 Å². The van der Waals surface area contributed by atoms with E-state index in [-0.39, 0.29) is 12.4 Å². The Labute approximate surface area is 128 Å². The van der Waals surface area contributed by atoms with Crippen molar-refractivity contribution in [1.29, 1.82) is 0 Å². The molecular weight excluding hydrogens is 285 g/mol. The molecule has 0 bridgehead atoms. The minimum atomic E-state index is -0.346. The summed E-state index contributed by atoms with van der Waals surface area (Å²) in [5, 5.41) is 10.8. The molecule has 0 fully saturated rings. The van der Waals surface area contributed by atoms with Crippen molar-refractivity contribution < 1.29 is 9.50 Å². The molecule has 1 aromatic carbocycles. The fourth-order valence-electron chi connectivity index (χ4n) is 2.05. The second kappa shape index (κ2) is 7.94. The van der Waals surface area contributed by atoms with Gasteiger partial charge in [0, 0.05) is 18.0 Å². The number of hydrogen-bond donors (Lipinski definition) is 1. The molecule has 0 aliphatic carbocycles. The Balaban J connectivity index is 1.95. The first kappa shape index (κ1) is 15.7. The van der Waals surface area contributed by atoms with Gasteiger partial charge < -0.3 is 10.0 Å². The fraction of sp³-hybridized carbons (Fsp3) is 0.294. The molecule has 0 aliphatic heterocycles. The Morgan fingerprint density at radius 2 is 2.19 bits per heavy atom. The highest BCUT2D eigenvalue weighted by molar-refractivity contribution is 7.09. The van der Waals surface area contributed by atoms with E-state index in [0.717, 1.165) is 25.1 Å². The van der Waals surface area contributed by atoms with Gasteiger partial charge in [0.15, 0.2) is 0 Å². The Kier molecular flexibility index (Phi) is 5.94. The summed E-state index contributed by atoms with van der Waals surface area (Å²) in [7, 11) is 2.05. The molecule has 2 rings (SSSR count). The lowest BCUT2D eigenvalue weighted by Gasteiger charge is -2.16. The Hall–Kier alpha value is -1.67. The zero-order valence-corrected chi connectivity index (χ0v) is 12.8. The van der Waals surface area contributed by atoms with Gasteiger partial charge in [-0.2, -0.15) is 0 Å². The van der Waals surface area contributed by atoms with Crippen LogP contribution in [0.3, 0.4) is 0 Å². The highest BCUT2D eigenvalue weighted by Crippen LogP contribution is 2.13. The van der Waals surface area contributed by atoms with Crippen molar-refractivity contribution >= 4 is 11.3 Å². The topological polar surface area (TPSA) is 23.5 Å². The second-order valence-corrected chi connectivity index (χ2v) is 5.87. The van der Waals surface area contributed by atoms with Crippen LogP contribution in [0.1, 0.15) is 16.0 Å². The molecule has 21 heavy (non-hydrogen) atoms. The molecule has 1 N–H and O–H groups in total. The summed E-state index contributed by atoms with van der Waals surface area (Å²) < 4.78 is 13.6. The molecular formula is C17H18FNOS. The molecule has 1 heterocycles. The van der Waals surface area contributed by atoms with E-state index in [4.69, 9.17) is 5.11 Å². The quantitative estimate of drug-likeness (QED) is 0.859. The summed E-state index contributed by atoms with van der Waals surface area (Å²) in [6.45, 7) is 1.44. The first-order valence-electron chi connectivity index (χ1n) is 6.78. The number of likely N-dealkylation sites (N-methyl/N-ethyl adjacent to an activating group) is 1. The summed E-state index contributed by atoms with van der Waals surface area (Å²) in [5.74, 6) is 4.78. The fourth-order valence-corrected chi connectivity index (χ4v) is 2.75. The van der Waals surface area contributed by atoms with Crippen LogP contribution in [0.5, 0.6) is 0 Å². The lowest BCUT2D eigenvalue weighted by atomic mass is 10.1. The standard InChI is InChI=1S/C17H18FNOS/c1-19(9-8-16-5-3-11-21-16)13-14-6-7-17(18)15(12-14)4-2-10-20/h3,5-7,11-12,20H,8-10,13H2,1H3. The van der Waals surface area contributed by atoms with Crippen LogP contribution in [-0.4, -0.2) is 30.2 Å². The van der Waals surface area contributed by atoms with E-state index >= 15 is 0 Å². The molecule has 4 heteroatoms. The first-order chi connectivity index (χ1) is 10.2. The number of aliphatic hydroxyl groups excluding tert-OH is 1. The summed E-state index contributed by atoms with van der Waals surface area (Å²) >= 11 is 1.77. The molecule has 0 spiro atoms. The summed E-state index contributed by atoms with van der Waals surface area (Å²) in [5.41, 5.74) is 1.36. The van der Waals surface area contributed by atoms with Crippen molar-refractivity contribution in [2.45, 2.75) is 13.0 Å². The number of hydrogen-bond acceptors (Lipinski definition) is 3. The predicted octanol–water partition coefficient (Wildman–Crippen LogP) is 2.91. The minimum Gasteiger partial charge on any atom is -0.384 e. The highest BCUT2D eigenvalue weighted by Gasteiger charge is 2.05. The van der Waals surface area contributed by atoms with Gasteiger partial charge in [-0.3, -0.25) is 0 Å². The first-order valence-corrected chi connectivity index (χ1v) is 7.66. The van der Waals surface area contributed by atoms with Gasteiger partial charge in [0.05, 0.1) is 5.56 Å². The summed E-state index contributed by atoms with van der Waals surface area (Å²) in [4.78, 5) is 3.58. The minimum absolute atomic E-state index is 0.260. The number of rotatable bonds is 5. The van der Waals surface area contributed by atoms with E-state index in [1.165, 1.54) is 10.9 Å². The van der Waals surface area contributed by atoms with Crippen LogP contribution in [-0.2, 0) is 13.0 Å². The lowest BCUT2D eigenvalue weighted by molar-refractivity contribution is 0.332. The molecule has 0 radical (unpaired) electrons. The maximum atomic E-state index is 13.6. The SMILES string of the molecule is CN(CCc1cccs1)Cc1ccc(F)c(C#CCO)c1. The van der Waals surface area contributed by atoms with Gasteiger partial charge in [0.25, 0.3) is 0 Å². The molecule has 0 amide bonds. The number of aliphatic hydroxyl groups is 1. The van der Waals surface area contributed by atoms with Crippen molar-refractivity contribution in [3.63, 3.8) is 0 Å². The van der Waals surface area contributed by atoms with Crippen LogP contribution < -0.4 is 0 Å². The molecule has 0 saturated carbocycles. The van der Waals surface area contributed by atoms with Gasteiger partial charge >= 0.3 is 0 Å². The largest absolute Gasteiger partial charge is 0.384 e. The number of benzene rings is 1. The molecule has 0 unspecified atom stereocenters. The maximum absolute atomic E-state index is 13.6. The van der Waals surface area contributed by atoms with Crippen LogP contribution in [0.25, 0.3) is 0 Å². The smallest absolute Gasteiger partial charge is 0.138 e. The van der Waals surface area contributed by atoms with E-state index in [2.05, 4.69) is 41.3 Å². The average Bonchev–Trinajstić information content (AvgIpc) is 2.99. The van der Waals surface area contributed by atoms with E-state index in [1.54, 1.807) is 23.5 Å². The van der Waals surface area contributed by atoms with E-state index < -0.39 is 0 Å². The highest BCUT2D eigenvalue weighted by atomic mass is 32.1. The molecule has 110 valence electrons. The Bertz CT molecular complexity index is 628. The monoisotopic (exact) mass is 303 g/mol. The maximum Gasteiger partial charge on any atom is 0.138 e. The molecule has 1 aromatic heterocycles. The van der Waals surface area contributed by atoms with Crippen LogP contribution in [0.15, 0.2) is 35.7 Å². The van der Waals surface area contributed by atoms with Crippen molar-refractivity contribution in [2.24, 2.45) is 0 Å². The summed E-state index contributed by atoms with van der Waals surface area (Å²) in [6.07, 6.45) is 1.02. The number of halogens is 1. The third-order valence-corrected chi connectivity index (χ3v) is 4.04. The van der Waals surface area contributed by atoms with Crippen molar-refractivity contribution in [3.05, 3.63) is 57.5 Å². The molecule has 2 aromatic rings. The van der Waals surface area contributed by atoms with E-state index in [1.807, 2.05) is 0 Å². The zero-order valence-electron chi connectivity index (χ0n) is 12.0. The van der Waals surface area contributed by atoms with Gasteiger partial charge in [-0.1, -0.05) is 24.0 Å². The van der Waals surface area contributed by atoms with E-state index in [9.17, 15) is 4.39 Å². The average molecular weight is 303 g/mol. The van der Waals surface area contributed by atoms with E-state index in [0.29, 0.717) is 5.56 Å². The lowest BCUT2D eigenvalue weighted by Crippen LogP contribution is -2.20. The predicted molar refractivity (Wildman–Crippen MR) is 84.7 cm³/mol. The van der Waals surface area contributed by atoms with Gasteiger partial charge in [0.1, 0.15) is 12.4 Å². The molecule has 2 nitrogen and oxygen atoms in total. The number of thiophene rings is 1. The van der Waals surface area contributed by atoms with Gasteiger partial charge in [-0.15, -0.1) is 11.3 Å². The normalized spacial score (nSPS) is 10.5. The second-order valence-electron chi connectivity index (χ2n) is 4.84. The van der Waals surface area contributed by atoms with Gasteiger partial charge in [-0.05, 0) is 42.6 Å². The molecule has 0 saturated heterocycles. The van der Waals surface area contributed by atoms with Crippen LogP contribution in [0.4, 0.5) is 4.39 Å². The summed E-state index contributed by atoms with van der Waals surface area (Å²) in [6, 6.07) is 9.16. The van der Waals surface area contributed by atoms with Crippen LogP contribution >= 0.6 is 11.3 Å². The number of nitrogens with zero attached hydrogens (tertiary/aromatic N) is 1. The van der Waals surface area contributed by atoms with Gasteiger partial charge in [0.2, 0.25) is 0 Å². The van der Waals surface area contributed by atoms with Crippen LogP contribution in [0.2, 0.25) is 0 Å². The molecule has 0 atom stereocenters. The molecule has 0 aliphatic rings. The zero-order chi connectivity index (χ0) is 15.1. The van der Waals surface area contributed by atoms with Crippen molar-refractivity contribution in [3.8, 4) is 11.8 Å². The Morgan fingerprint density at radius 1 is 1.33 bits per heavy atom.